The van der Waals surface area contributed by atoms with E-state index in [1.807, 2.05) is 0 Å². The van der Waals surface area contributed by atoms with Gasteiger partial charge in [0.15, 0.2) is 0 Å². The van der Waals surface area contributed by atoms with Gasteiger partial charge in [-0.2, -0.15) is 0 Å². The molecule has 0 radical (unpaired) electrons. The Balaban J connectivity index is 1.40. The van der Waals surface area contributed by atoms with Crippen molar-refractivity contribution in [1.82, 2.24) is 0 Å². The molecular formula is C38H39N3O2. The van der Waals surface area contributed by atoms with E-state index in [4.69, 9.17) is 0 Å². The molecule has 0 aliphatic heterocycles. The van der Waals surface area contributed by atoms with Gasteiger partial charge in [-0.1, -0.05) is 60.7 Å². The number of aliphatic hydroxyl groups excluding tert-OH is 2. The summed E-state index contributed by atoms with van der Waals surface area (Å²) in [6.07, 6.45) is -1.45. The van der Waals surface area contributed by atoms with Crippen molar-refractivity contribution >= 4 is 60.2 Å². The van der Waals surface area contributed by atoms with E-state index >= 15 is 0 Å². The number of fused-ring (bicyclic) bond motifs is 4. The van der Waals surface area contributed by atoms with Crippen LogP contribution in [-0.4, -0.2) is 64.7 Å². The second-order valence-corrected chi connectivity index (χ2v) is 12.7. The highest BCUT2D eigenvalue weighted by Crippen LogP contribution is 2.53. The van der Waals surface area contributed by atoms with Gasteiger partial charge in [0.05, 0.1) is 17.9 Å². The molecule has 218 valence electrons. The average Bonchev–Trinajstić information content (AvgIpc) is 2.99. The molecule has 0 amide bonds. The maximum absolute atomic E-state index is 11.9. The molecule has 0 saturated heterocycles. The molecule has 6 aromatic rings. The topological polar surface area (TPSA) is 50.2 Å². The van der Waals surface area contributed by atoms with Gasteiger partial charge in [0.2, 0.25) is 0 Å². The third-order valence-electron chi connectivity index (χ3n) is 9.50. The Hall–Kier alpha value is -4.32. The van der Waals surface area contributed by atoms with E-state index in [0.29, 0.717) is 0 Å². The van der Waals surface area contributed by atoms with Gasteiger partial charge in [-0.3, -0.25) is 0 Å². The zero-order valence-corrected chi connectivity index (χ0v) is 25.7. The molecule has 2 unspecified atom stereocenters. The molecule has 1 saturated carbocycles. The first kappa shape index (κ1) is 27.5. The summed E-state index contributed by atoms with van der Waals surface area (Å²) in [6, 6.07) is 32.0. The van der Waals surface area contributed by atoms with Crippen LogP contribution in [0, 0.1) is 0 Å². The van der Waals surface area contributed by atoms with Crippen LogP contribution in [0.3, 0.4) is 0 Å². The van der Waals surface area contributed by atoms with Gasteiger partial charge in [-0.15, -0.1) is 0 Å². The standard InChI is InChI=1S/C38H39N3O2/c1-39(2)31-17-15-26(28-19-22-11-7-8-12-23(22)20-29(28)31)34-37(42)35(38(34)43)27-16-18-32(40(3)4)33-30(27)21-24-13-9-10-14-25(24)36(33)41(5)6/h7-21,34-35,37-38,42-43H,1-6H3. The molecule has 2 atom stereocenters. The molecule has 0 aromatic heterocycles. The molecule has 0 bridgehead atoms. The average molecular weight is 570 g/mol. The minimum atomic E-state index is -0.724. The Morgan fingerprint density at radius 3 is 1.53 bits per heavy atom. The summed E-state index contributed by atoms with van der Waals surface area (Å²) >= 11 is 0. The van der Waals surface area contributed by atoms with Gasteiger partial charge >= 0.3 is 0 Å². The molecule has 6 aromatic carbocycles. The SMILES string of the molecule is CN(C)c1ccc(C2C(O)C(c3ccc(N(C)C)c4c(N(C)C)c5ccccc5cc34)C2O)c2cc3ccccc3cc12. The Morgan fingerprint density at radius 2 is 0.953 bits per heavy atom. The van der Waals surface area contributed by atoms with Crippen LogP contribution < -0.4 is 14.7 Å². The highest BCUT2D eigenvalue weighted by Gasteiger charge is 2.51. The normalized spacial score (nSPS) is 20.1. The van der Waals surface area contributed by atoms with Crippen molar-refractivity contribution in [3.8, 4) is 0 Å². The molecule has 0 spiro atoms. The van der Waals surface area contributed by atoms with E-state index in [0.717, 1.165) is 60.5 Å². The zero-order chi connectivity index (χ0) is 30.2. The largest absolute Gasteiger partial charge is 0.392 e. The minimum Gasteiger partial charge on any atom is -0.392 e. The number of anilines is 3. The number of hydrogen-bond acceptors (Lipinski definition) is 5. The van der Waals surface area contributed by atoms with Crippen LogP contribution >= 0.6 is 0 Å². The summed E-state index contributed by atoms with van der Waals surface area (Å²) in [4.78, 5) is 6.45. The van der Waals surface area contributed by atoms with Crippen LogP contribution in [0.15, 0.2) is 91.0 Å². The van der Waals surface area contributed by atoms with E-state index < -0.39 is 18.1 Å². The van der Waals surface area contributed by atoms with E-state index in [9.17, 15) is 10.2 Å². The van der Waals surface area contributed by atoms with Crippen LogP contribution in [-0.2, 0) is 0 Å². The smallest absolute Gasteiger partial charge is 0.0727 e. The van der Waals surface area contributed by atoms with Crippen LogP contribution in [0.5, 0.6) is 0 Å². The van der Waals surface area contributed by atoms with Gasteiger partial charge in [-0.05, 0) is 68.4 Å². The number of hydrogen-bond donors (Lipinski definition) is 2. The molecule has 43 heavy (non-hydrogen) atoms. The van der Waals surface area contributed by atoms with Gasteiger partial charge in [0, 0.05) is 81.7 Å². The summed E-state index contributed by atoms with van der Waals surface area (Å²) in [5.74, 6) is -0.786. The van der Waals surface area contributed by atoms with Crippen LogP contribution in [0.25, 0.3) is 43.1 Å². The van der Waals surface area contributed by atoms with E-state index in [1.54, 1.807) is 0 Å². The highest BCUT2D eigenvalue weighted by molar-refractivity contribution is 6.17. The summed E-state index contributed by atoms with van der Waals surface area (Å²) in [6.45, 7) is 0. The van der Waals surface area contributed by atoms with Crippen LogP contribution in [0.1, 0.15) is 23.0 Å². The van der Waals surface area contributed by atoms with Crippen molar-refractivity contribution in [2.75, 3.05) is 57.0 Å². The van der Waals surface area contributed by atoms with Crippen LogP contribution in [0.2, 0.25) is 0 Å². The quantitative estimate of drug-likeness (QED) is 0.217. The highest BCUT2D eigenvalue weighted by atomic mass is 16.3. The lowest BCUT2D eigenvalue weighted by Crippen LogP contribution is -2.51. The monoisotopic (exact) mass is 569 g/mol. The maximum atomic E-state index is 11.9. The number of benzene rings is 6. The fourth-order valence-corrected chi connectivity index (χ4v) is 7.45. The number of nitrogens with zero attached hydrogens (tertiary/aromatic N) is 3. The third kappa shape index (κ3) is 4.14. The number of rotatable bonds is 5. The second kappa shape index (κ2) is 10.1. The summed E-state index contributed by atoms with van der Waals surface area (Å²) in [7, 11) is 12.4. The Kier molecular flexibility index (Phi) is 6.49. The number of aliphatic hydroxyl groups is 2. The molecule has 1 fully saturated rings. The van der Waals surface area contributed by atoms with Gasteiger partial charge in [0.25, 0.3) is 0 Å². The molecule has 0 heterocycles. The van der Waals surface area contributed by atoms with Crippen molar-refractivity contribution in [3.63, 3.8) is 0 Å². The first-order valence-corrected chi connectivity index (χ1v) is 15.0. The van der Waals surface area contributed by atoms with Gasteiger partial charge in [0.1, 0.15) is 0 Å². The third-order valence-corrected chi connectivity index (χ3v) is 9.50. The molecule has 5 nitrogen and oxygen atoms in total. The fraction of sp³-hybridized carbons (Fsp3) is 0.263. The molecule has 5 heteroatoms. The molecule has 1 aliphatic rings. The first-order chi connectivity index (χ1) is 20.7. The van der Waals surface area contributed by atoms with Gasteiger partial charge < -0.3 is 24.9 Å². The predicted molar refractivity (Wildman–Crippen MR) is 183 cm³/mol. The molecular weight excluding hydrogens is 530 g/mol. The summed E-state index contributed by atoms with van der Waals surface area (Å²) in [5.41, 5.74) is 5.38. The summed E-state index contributed by atoms with van der Waals surface area (Å²) < 4.78 is 0. The fourth-order valence-electron chi connectivity index (χ4n) is 7.45. The van der Waals surface area contributed by atoms with E-state index in [-0.39, 0.29) is 5.92 Å². The maximum Gasteiger partial charge on any atom is 0.0727 e. The second-order valence-electron chi connectivity index (χ2n) is 12.7. The van der Waals surface area contributed by atoms with Crippen molar-refractivity contribution in [2.45, 2.75) is 24.0 Å². The van der Waals surface area contributed by atoms with Gasteiger partial charge in [-0.25, -0.2) is 0 Å². The Morgan fingerprint density at radius 1 is 0.465 bits per heavy atom. The molecule has 2 N–H and O–H groups in total. The predicted octanol–water partition coefficient (Wildman–Crippen LogP) is 7.10. The lowest BCUT2D eigenvalue weighted by Gasteiger charge is -2.48. The minimum absolute atomic E-state index is 0.387. The van der Waals surface area contributed by atoms with Crippen LogP contribution in [0.4, 0.5) is 17.1 Å². The molecule has 1 aliphatic carbocycles. The molecule has 7 rings (SSSR count). The van der Waals surface area contributed by atoms with Crippen molar-refractivity contribution in [3.05, 3.63) is 102 Å². The lowest BCUT2D eigenvalue weighted by atomic mass is 9.62. The van der Waals surface area contributed by atoms with Crippen molar-refractivity contribution < 1.29 is 10.2 Å². The zero-order valence-electron chi connectivity index (χ0n) is 25.7. The summed E-state index contributed by atoms with van der Waals surface area (Å²) in [5, 5.41) is 33.0. The first-order valence-electron chi connectivity index (χ1n) is 15.0. The van der Waals surface area contributed by atoms with Crippen molar-refractivity contribution in [2.24, 2.45) is 0 Å². The lowest BCUT2D eigenvalue weighted by molar-refractivity contribution is -0.0775. The Bertz CT molecular complexity index is 2020. The van der Waals surface area contributed by atoms with Crippen molar-refractivity contribution in [1.29, 1.82) is 0 Å². The van der Waals surface area contributed by atoms with E-state index in [1.165, 1.54) is 10.8 Å². The van der Waals surface area contributed by atoms with E-state index in [2.05, 4.69) is 148 Å². The Labute approximate surface area is 253 Å².